The first kappa shape index (κ1) is 79.0. The number of unbranched alkanes of at least 4 members (excludes halogenated alkanes) is 29. The highest BCUT2D eigenvalue weighted by molar-refractivity contribution is 5.70. The lowest BCUT2D eigenvalue weighted by atomic mass is 10.0. The highest BCUT2D eigenvalue weighted by atomic mass is 16.7. The molecule has 0 bridgehead atoms. The molecular formula is C74H127NO8. The molecule has 0 rings (SSSR count). The number of esters is 2. The van der Waals surface area contributed by atoms with E-state index >= 15 is 0 Å². The summed E-state index contributed by atoms with van der Waals surface area (Å²) in [6.07, 6.45) is 85.8. The minimum Gasteiger partial charge on any atom is -0.545 e. The monoisotopic (exact) mass is 1160 g/mol. The summed E-state index contributed by atoms with van der Waals surface area (Å²) in [5, 5.41) is 11.8. The van der Waals surface area contributed by atoms with Crippen LogP contribution in [0.1, 0.15) is 284 Å². The predicted molar refractivity (Wildman–Crippen MR) is 352 cm³/mol. The van der Waals surface area contributed by atoms with Crippen molar-refractivity contribution >= 4 is 17.9 Å². The molecule has 9 nitrogen and oxygen atoms in total. The van der Waals surface area contributed by atoms with Crippen LogP contribution in [0.25, 0.3) is 0 Å². The van der Waals surface area contributed by atoms with Gasteiger partial charge in [0, 0.05) is 12.8 Å². The molecule has 0 aliphatic rings. The Morgan fingerprint density at radius 2 is 0.687 bits per heavy atom. The zero-order valence-electron chi connectivity index (χ0n) is 54.3. The topological polar surface area (TPSA) is 111 Å². The van der Waals surface area contributed by atoms with Gasteiger partial charge in [-0.25, -0.2) is 0 Å². The molecule has 0 spiro atoms. The Labute approximate surface area is 511 Å². The van der Waals surface area contributed by atoms with Crippen LogP contribution >= 0.6 is 0 Å². The van der Waals surface area contributed by atoms with Crippen LogP contribution in [0.3, 0.4) is 0 Å². The molecule has 0 aromatic heterocycles. The van der Waals surface area contributed by atoms with E-state index in [4.69, 9.17) is 18.9 Å². The summed E-state index contributed by atoms with van der Waals surface area (Å²) in [6.45, 7) is 4.64. The van der Waals surface area contributed by atoms with Gasteiger partial charge in [-0.05, 0) is 103 Å². The summed E-state index contributed by atoms with van der Waals surface area (Å²) in [7, 11) is 5.92. The van der Waals surface area contributed by atoms with Gasteiger partial charge in [-0.2, -0.15) is 0 Å². The van der Waals surface area contributed by atoms with E-state index in [1.807, 2.05) is 21.1 Å². The number of rotatable bonds is 62. The second-order valence-corrected chi connectivity index (χ2v) is 23.7. The van der Waals surface area contributed by atoms with Gasteiger partial charge in [0.2, 0.25) is 0 Å². The van der Waals surface area contributed by atoms with Crippen molar-refractivity contribution in [2.45, 2.75) is 296 Å². The average molecular weight is 1160 g/mol. The molecule has 0 saturated carbocycles. The molecule has 83 heavy (non-hydrogen) atoms. The Kier molecular flexibility index (Phi) is 60.8. The number of carbonyl (C=O) groups is 3. The van der Waals surface area contributed by atoms with Crippen molar-refractivity contribution < 1.29 is 42.9 Å². The molecule has 9 heteroatoms. The molecule has 0 heterocycles. The lowest BCUT2D eigenvalue weighted by molar-refractivity contribution is -0.870. The van der Waals surface area contributed by atoms with Gasteiger partial charge in [-0.3, -0.25) is 9.59 Å². The molecule has 0 aliphatic heterocycles. The fourth-order valence-corrected chi connectivity index (χ4v) is 9.31. The van der Waals surface area contributed by atoms with Gasteiger partial charge in [0.05, 0.1) is 40.3 Å². The second-order valence-electron chi connectivity index (χ2n) is 23.7. The molecule has 0 fully saturated rings. The molecule has 0 aromatic rings. The summed E-state index contributed by atoms with van der Waals surface area (Å²) in [5.41, 5.74) is 0. The van der Waals surface area contributed by atoms with Gasteiger partial charge in [0.1, 0.15) is 13.2 Å². The predicted octanol–water partition coefficient (Wildman–Crippen LogP) is 19.7. The Morgan fingerprint density at radius 3 is 1.04 bits per heavy atom. The summed E-state index contributed by atoms with van der Waals surface area (Å²) in [4.78, 5) is 37.5. The number of nitrogens with zero attached hydrogens (tertiary/aromatic N) is 1. The molecule has 0 N–H and O–H groups in total. The lowest BCUT2D eigenvalue weighted by Crippen LogP contribution is -2.44. The summed E-state index contributed by atoms with van der Waals surface area (Å²) in [5.74, 6) is -2.29. The van der Waals surface area contributed by atoms with Crippen LogP contribution in [0.4, 0.5) is 0 Å². The molecule has 2 unspecified atom stereocenters. The van der Waals surface area contributed by atoms with Crippen LogP contribution in [-0.4, -0.2) is 82.3 Å². The van der Waals surface area contributed by atoms with Crippen LogP contribution in [0.5, 0.6) is 0 Å². The zero-order chi connectivity index (χ0) is 60.5. The van der Waals surface area contributed by atoms with Crippen LogP contribution in [0, 0.1) is 0 Å². The van der Waals surface area contributed by atoms with Crippen molar-refractivity contribution in [1.82, 2.24) is 0 Å². The van der Waals surface area contributed by atoms with Gasteiger partial charge in [0.25, 0.3) is 0 Å². The van der Waals surface area contributed by atoms with E-state index in [0.717, 1.165) is 96.3 Å². The number of carboxylic acids is 1. The first-order chi connectivity index (χ1) is 40.6. The summed E-state index contributed by atoms with van der Waals surface area (Å²) < 4.78 is 22.8. The first-order valence-corrected chi connectivity index (χ1v) is 34.0. The smallest absolute Gasteiger partial charge is 0.306 e. The highest BCUT2D eigenvalue weighted by Gasteiger charge is 2.22. The van der Waals surface area contributed by atoms with Crippen molar-refractivity contribution in [2.24, 2.45) is 0 Å². The Balaban J connectivity index is 4.19. The molecule has 2 atom stereocenters. The van der Waals surface area contributed by atoms with E-state index in [1.165, 1.54) is 154 Å². The minimum absolute atomic E-state index is 0.142. The summed E-state index contributed by atoms with van der Waals surface area (Å²) >= 11 is 0. The number of hydrogen-bond acceptors (Lipinski definition) is 8. The molecule has 476 valence electrons. The van der Waals surface area contributed by atoms with Crippen LogP contribution < -0.4 is 5.11 Å². The van der Waals surface area contributed by atoms with E-state index in [2.05, 4.69) is 123 Å². The summed E-state index contributed by atoms with van der Waals surface area (Å²) in [6, 6.07) is 0. The maximum Gasteiger partial charge on any atom is 0.306 e. The van der Waals surface area contributed by atoms with E-state index in [9.17, 15) is 19.5 Å². The molecule has 0 saturated heterocycles. The first-order valence-electron chi connectivity index (χ1n) is 34.0. The van der Waals surface area contributed by atoms with Crippen molar-refractivity contribution in [3.63, 3.8) is 0 Å². The molecule has 0 aromatic carbocycles. The van der Waals surface area contributed by atoms with Gasteiger partial charge >= 0.3 is 11.9 Å². The molecule has 0 radical (unpaired) electrons. The second kappa shape index (κ2) is 64.0. The third kappa shape index (κ3) is 65.3. The lowest BCUT2D eigenvalue weighted by Gasteiger charge is -2.26. The van der Waals surface area contributed by atoms with Crippen molar-refractivity contribution in [1.29, 1.82) is 0 Å². The van der Waals surface area contributed by atoms with Crippen molar-refractivity contribution in [3.8, 4) is 0 Å². The number of ether oxygens (including phenoxy) is 4. The van der Waals surface area contributed by atoms with Crippen LogP contribution in [0.2, 0.25) is 0 Å². The number of carboxylic acid groups (broad SMARTS) is 1. The number of quaternary nitrogens is 1. The largest absolute Gasteiger partial charge is 0.545 e. The van der Waals surface area contributed by atoms with Gasteiger partial charge < -0.3 is 33.3 Å². The third-order valence-electron chi connectivity index (χ3n) is 14.5. The number of likely N-dealkylation sites (N-methyl/N-ethyl adjacent to an activating group) is 1. The van der Waals surface area contributed by atoms with Gasteiger partial charge in [-0.15, -0.1) is 0 Å². The molecule has 0 aliphatic carbocycles. The zero-order valence-corrected chi connectivity index (χ0v) is 54.3. The highest BCUT2D eigenvalue weighted by Crippen LogP contribution is 2.16. The number of aliphatic carboxylic acids is 1. The Hall–Kier alpha value is -4.05. The maximum absolute atomic E-state index is 12.9. The SMILES string of the molecule is CC/C=C\C/C=C\C/C=C\C/C=C\C/C=C\C/C=C\C/C=C\C/C=C\CCCCCCCCCCC(=O)OC(COC(=O)CCCCCCCCCCCCCCC/C=C\CCCCCCCCCC)COC(OCC[N+](C)(C)C)C(=O)[O-]. The Morgan fingerprint density at radius 1 is 0.373 bits per heavy atom. The molecular weight excluding hydrogens is 1030 g/mol. The quantitative estimate of drug-likeness (QED) is 0.0195. The fraction of sp³-hybridized carbons (Fsp3) is 0.716. The van der Waals surface area contributed by atoms with E-state index in [-0.39, 0.29) is 38.6 Å². The molecule has 0 amide bonds. The number of hydrogen-bond donors (Lipinski definition) is 0. The average Bonchev–Trinajstić information content (AvgIpc) is 3.46. The normalized spacial score (nSPS) is 13.4. The van der Waals surface area contributed by atoms with Crippen LogP contribution in [0.15, 0.2) is 109 Å². The van der Waals surface area contributed by atoms with Gasteiger partial charge in [0.15, 0.2) is 12.4 Å². The van der Waals surface area contributed by atoms with E-state index in [1.54, 1.807) is 0 Å². The maximum atomic E-state index is 12.9. The number of carbonyl (C=O) groups excluding carboxylic acids is 3. The number of allylic oxidation sites excluding steroid dienone is 18. The van der Waals surface area contributed by atoms with Gasteiger partial charge in [-0.1, -0.05) is 277 Å². The van der Waals surface area contributed by atoms with E-state index in [0.29, 0.717) is 17.4 Å². The van der Waals surface area contributed by atoms with Crippen LogP contribution in [-0.2, 0) is 33.3 Å². The van der Waals surface area contributed by atoms with E-state index < -0.39 is 24.3 Å². The standard InChI is InChI=1S/C74H127NO8/c1-6-8-10-12-14-16-18-20-22-24-26-28-30-32-33-34-35-36-37-38-39-41-43-45-47-49-51-53-55-57-59-61-63-65-72(77)83-70(69-82-74(73(78)79)80-67-66-75(3,4)5)68-81-71(76)64-62-60-58-56-54-52-50-48-46-44-42-40-31-29-27-25-23-21-19-17-15-13-11-9-7-2/h8,10,14,16,20,22,25-28,32-33,35-36,38-39,43,45,70,74H,6-7,9,11-13,15,17-19,21,23-24,29-31,34,37,40-42,44,46-69H2,1-5H3/b10-8-,16-14-,22-20-,27-25-,28-26-,33-32-,36-35-,39-38-,45-43-. The fourth-order valence-electron chi connectivity index (χ4n) is 9.31. The third-order valence-corrected chi connectivity index (χ3v) is 14.5. The minimum atomic E-state index is -1.63. The van der Waals surface area contributed by atoms with Crippen molar-refractivity contribution in [3.05, 3.63) is 109 Å². The Bertz CT molecular complexity index is 1730. The van der Waals surface area contributed by atoms with Crippen molar-refractivity contribution in [2.75, 3.05) is 47.5 Å².